The van der Waals surface area contributed by atoms with Crippen LogP contribution >= 0.6 is 0 Å². The Hall–Kier alpha value is -1.12. The van der Waals surface area contributed by atoms with Crippen LogP contribution in [-0.4, -0.2) is 62.4 Å². The first-order chi connectivity index (χ1) is 14.8. The number of aromatic amines is 1. The van der Waals surface area contributed by atoms with Crippen LogP contribution in [0, 0.1) is 0 Å². The number of nitrogens with zero attached hydrogens (tertiary/aromatic N) is 1. The smallest absolute Gasteiger partial charge is 0.330 e. The predicted octanol–water partition coefficient (Wildman–Crippen LogP) is 3.55. The molecule has 1 unspecified atom stereocenters. The van der Waals surface area contributed by atoms with E-state index >= 15 is 4.39 Å². The summed E-state index contributed by atoms with van der Waals surface area (Å²) in [6, 6.07) is 1.13. The summed E-state index contributed by atoms with van der Waals surface area (Å²) in [4.78, 5) is 26.1. The van der Waals surface area contributed by atoms with Crippen LogP contribution in [0.5, 0.6) is 0 Å². The van der Waals surface area contributed by atoms with Gasteiger partial charge in [0.05, 0.1) is 13.2 Å². The van der Waals surface area contributed by atoms with E-state index in [1.807, 2.05) is 33.9 Å². The fourth-order valence-corrected chi connectivity index (χ4v) is 5.50. The zero-order valence-corrected chi connectivity index (χ0v) is 23.6. The fraction of sp³-hybridized carbons (Fsp3) is 0.818. The molecule has 0 bridgehead atoms. The van der Waals surface area contributed by atoms with Gasteiger partial charge in [0.2, 0.25) is 0 Å². The van der Waals surface area contributed by atoms with E-state index in [2.05, 4.69) is 38.8 Å². The van der Waals surface area contributed by atoms with Gasteiger partial charge in [0.15, 0.2) is 29.0 Å². The Bertz CT molecular complexity index is 950. The number of halogens is 1. The normalized spacial score (nSPS) is 27.2. The van der Waals surface area contributed by atoms with Crippen molar-refractivity contribution in [3.63, 3.8) is 0 Å². The van der Waals surface area contributed by atoms with Crippen LogP contribution in [-0.2, 0) is 13.6 Å². The third-order valence-corrected chi connectivity index (χ3v) is 16.5. The van der Waals surface area contributed by atoms with Crippen molar-refractivity contribution in [3.05, 3.63) is 33.1 Å². The van der Waals surface area contributed by atoms with Gasteiger partial charge >= 0.3 is 5.69 Å². The number of hydrogen-bond donors (Lipinski definition) is 2. The molecule has 1 aliphatic rings. The molecular formula is C22H41FN2O6Si2. The van der Waals surface area contributed by atoms with Crippen molar-refractivity contribution in [2.45, 2.75) is 102 Å². The van der Waals surface area contributed by atoms with E-state index in [9.17, 15) is 14.7 Å². The Morgan fingerprint density at radius 2 is 1.67 bits per heavy atom. The van der Waals surface area contributed by atoms with Crippen molar-refractivity contribution in [2.24, 2.45) is 0 Å². The van der Waals surface area contributed by atoms with E-state index < -0.39 is 58.6 Å². The van der Waals surface area contributed by atoms with Crippen LogP contribution in [0.3, 0.4) is 0 Å². The Morgan fingerprint density at radius 1 is 1.12 bits per heavy atom. The average molecular weight is 505 g/mol. The lowest BCUT2D eigenvalue weighted by molar-refractivity contribution is -0.145. The number of H-pyrrole nitrogens is 1. The van der Waals surface area contributed by atoms with Crippen LogP contribution in [0.25, 0.3) is 0 Å². The Labute approximate surface area is 197 Å². The number of aromatic nitrogens is 2. The van der Waals surface area contributed by atoms with E-state index in [0.29, 0.717) is 0 Å². The molecule has 190 valence electrons. The molecule has 4 atom stereocenters. The molecule has 33 heavy (non-hydrogen) atoms. The molecule has 0 aliphatic carbocycles. The zero-order valence-electron chi connectivity index (χ0n) is 21.6. The minimum Gasteiger partial charge on any atom is -0.414 e. The second-order valence-electron chi connectivity index (χ2n) is 12.0. The Morgan fingerprint density at radius 3 is 2.12 bits per heavy atom. The summed E-state index contributed by atoms with van der Waals surface area (Å²) in [7, 11) is -4.78. The summed E-state index contributed by atoms with van der Waals surface area (Å²) < 4.78 is 36.0. The predicted molar refractivity (Wildman–Crippen MR) is 131 cm³/mol. The molecule has 0 spiro atoms. The van der Waals surface area contributed by atoms with E-state index in [1.165, 1.54) is 6.20 Å². The molecule has 8 nitrogen and oxygen atoms in total. The molecule has 11 heteroatoms. The molecule has 0 amide bonds. The summed E-state index contributed by atoms with van der Waals surface area (Å²) in [5, 5.41) is 10.2. The third kappa shape index (κ3) is 5.59. The van der Waals surface area contributed by atoms with E-state index in [4.69, 9.17) is 13.6 Å². The van der Waals surface area contributed by atoms with E-state index in [-0.39, 0.29) is 16.7 Å². The standard InChI is InChI=1S/C22H41FN2O6Si2/c1-20(2,3)32(7,8)29-14-22(13-26)17(31-33(9,10)21(4,5)6)16(23)18(30-22)25-12-11-15(27)24-19(25)28/h11-12,16-18,26H,13-14H2,1-10H3,(H,24,27,28)/t16-,17?,18+,22+/m0/s1. The first-order valence-corrected chi connectivity index (χ1v) is 17.2. The first kappa shape index (κ1) is 28.1. The highest BCUT2D eigenvalue weighted by Gasteiger charge is 2.60. The van der Waals surface area contributed by atoms with Crippen molar-refractivity contribution in [2.75, 3.05) is 13.2 Å². The van der Waals surface area contributed by atoms with Gasteiger partial charge in [-0.25, -0.2) is 9.18 Å². The highest BCUT2D eigenvalue weighted by Crippen LogP contribution is 2.47. The second-order valence-corrected chi connectivity index (χ2v) is 21.6. The minimum absolute atomic E-state index is 0.0751. The van der Waals surface area contributed by atoms with Gasteiger partial charge in [-0.05, 0) is 36.3 Å². The largest absolute Gasteiger partial charge is 0.414 e. The first-order valence-electron chi connectivity index (χ1n) is 11.3. The van der Waals surface area contributed by atoms with E-state index in [0.717, 1.165) is 10.6 Å². The molecule has 1 fully saturated rings. The van der Waals surface area contributed by atoms with Crippen LogP contribution in [0.2, 0.25) is 36.3 Å². The number of alkyl halides is 1. The fourth-order valence-electron chi connectivity index (χ4n) is 3.12. The summed E-state index contributed by atoms with van der Waals surface area (Å²) in [6.45, 7) is 19.9. The molecule has 0 radical (unpaired) electrons. The molecule has 1 saturated heterocycles. The van der Waals surface area contributed by atoms with Crippen molar-refractivity contribution in [1.29, 1.82) is 0 Å². The SMILES string of the molecule is CC(C)(C)[Si](C)(C)OC[C@@]1(CO)O[C@@H](n2ccc(=O)[nH]c2=O)[C@@H](F)C1O[Si](C)(C)C(C)(C)C. The molecule has 0 aromatic carbocycles. The van der Waals surface area contributed by atoms with Gasteiger partial charge in [-0.3, -0.25) is 14.3 Å². The maximum atomic E-state index is 16.0. The van der Waals surface area contributed by atoms with Crippen molar-refractivity contribution >= 4 is 16.6 Å². The van der Waals surface area contributed by atoms with Gasteiger partial charge in [-0.1, -0.05) is 41.5 Å². The molecule has 2 rings (SSSR count). The maximum Gasteiger partial charge on any atom is 0.330 e. The number of aliphatic hydroxyl groups is 1. The molecule has 1 aromatic heterocycles. The van der Waals surface area contributed by atoms with Crippen LogP contribution in [0.1, 0.15) is 47.8 Å². The molecule has 2 heterocycles. The topological polar surface area (TPSA) is 103 Å². The maximum absolute atomic E-state index is 16.0. The lowest BCUT2D eigenvalue weighted by Crippen LogP contribution is -2.58. The lowest BCUT2D eigenvalue weighted by atomic mass is 9.98. The van der Waals surface area contributed by atoms with Crippen LogP contribution in [0.15, 0.2) is 21.9 Å². The van der Waals surface area contributed by atoms with Gasteiger partial charge < -0.3 is 18.7 Å². The minimum atomic E-state index is -2.50. The average Bonchev–Trinajstić information content (AvgIpc) is 2.91. The van der Waals surface area contributed by atoms with Crippen molar-refractivity contribution < 1.29 is 23.1 Å². The van der Waals surface area contributed by atoms with Crippen molar-refractivity contribution in [3.8, 4) is 0 Å². The Balaban J connectivity index is 2.54. The van der Waals surface area contributed by atoms with Gasteiger partial charge in [0.25, 0.3) is 5.56 Å². The lowest BCUT2D eigenvalue weighted by Gasteiger charge is -2.44. The highest BCUT2D eigenvalue weighted by molar-refractivity contribution is 6.74. The van der Waals surface area contributed by atoms with Gasteiger partial charge in [0, 0.05) is 12.3 Å². The number of nitrogens with one attached hydrogen (secondary N) is 1. The third-order valence-electron chi connectivity index (χ3n) is 7.54. The number of hydrogen-bond acceptors (Lipinski definition) is 6. The van der Waals surface area contributed by atoms with Crippen LogP contribution < -0.4 is 11.2 Å². The summed E-state index contributed by atoms with van der Waals surface area (Å²) in [6.07, 6.45) is -3.10. The van der Waals surface area contributed by atoms with E-state index in [1.54, 1.807) is 0 Å². The molecule has 2 N–H and O–H groups in total. The Kier molecular flexibility index (Phi) is 7.80. The molecular weight excluding hydrogens is 463 g/mol. The summed E-state index contributed by atoms with van der Waals surface area (Å²) >= 11 is 0. The second kappa shape index (κ2) is 9.16. The zero-order chi connectivity index (χ0) is 25.6. The van der Waals surface area contributed by atoms with Gasteiger partial charge in [0.1, 0.15) is 11.7 Å². The molecule has 1 aromatic rings. The summed E-state index contributed by atoms with van der Waals surface area (Å²) in [5.74, 6) is 0. The monoisotopic (exact) mass is 504 g/mol. The van der Waals surface area contributed by atoms with Gasteiger partial charge in [-0.2, -0.15) is 0 Å². The highest BCUT2D eigenvalue weighted by atomic mass is 28.4. The summed E-state index contributed by atoms with van der Waals surface area (Å²) in [5.41, 5.74) is -2.89. The number of ether oxygens (including phenoxy) is 1. The molecule has 0 saturated carbocycles. The van der Waals surface area contributed by atoms with Gasteiger partial charge in [-0.15, -0.1) is 0 Å². The van der Waals surface area contributed by atoms with Crippen molar-refractivity contribution in [1.82, 2.24) is 9.55 Å². The number of aliphatic hydroxyl groups excluding tert-OH is 1. The number of rotatable bonds is 7. The van der Waals surface area contributed by atoms with Crippen LogP contribution in [0.4, 0.5) is 4.39 Å². The quantitative estimate of drug-likeness (QED) is 0.551. The molecule has 1 aliphatic heterocycles.